The lowest BCUT2D eigenvalue weighted by Gasteiger charge is -1.96. The number of rotatable bonds is 4. The van der Waals surface area contributed by atoms with E-state index in [0.29, 0.717) is 6.54 Å². The number of thiazole rings is 1. The van der Waals surface area contributed by atoms with E-state index < -0.39 is 0 Å². The third kappa shape index (κ3) is 3.28. The van der Waals surface area contributed by atoms with Crippen molar-refractivity contribution in [3.63, 3.8) is 0 Å². The summed E-state index contributed by atoms with van der Waals surface area (Å²) < 4.78 is 1.14. The number of amides is 1. The summed E-state index contributed by atoms with van der Waals surface area (Å²) in [5.74, 6) is -0.104. The monoisotopic (exact) mass is 258 g/mol. The molecule has 2 rings (SSSR count). The summed E-state index contributed by atoms with van der Waals surface area (Å²) in [5.41, 5.74) is 0.983. The molecule has 1 aromatic heterocycles. The Morgan fingerprint density at radius 2 is 2.22 bits per heavy atom. The molecule has 0 aliphatic heterocycles. The molecule has 92 valence electrons. The van der Waals surface area contributed by atoms with Crippen LogP contribution < -0.4 is 5.32 Å². The van der Waals surface area contributed by atoms with E-state index in [2.05, 4.69) is 10.3 Å². The van der Waals surface area contributed by atoms with Gasteiger partial charge in [0, 0.05) is 6.08 Å². The number of aromatic nitrogens is 1. The SMILES string of the molecule is C/C=C/C=C/C(=O)NCc1nc2ccccc2s1. The fraction of sp³-hybridized carbons (Fsp3) is 0.143. The minimum atomic E-state index is -0.104. The average molecular weight is 258 g/mol. The molecule has 0 saturated carbocycles. The van der Waals surface area contributed by atoms with Gasteiger partial charge in [-0.05, 0) is 19.1 Å². The summed E-state index contributed by atoms with van der Waals surface area (Å²) in [7, 11) is 0. The van der Waals surface area contributed by atoms with Crippen molar-refractivity contribution in [3.05, 3.63) is 53.6 Å². The van der Waals surface area contributed by atoms with E-state index >= 15 is 0 Å². The molecule has 1 N–H and O–H groups in total. The predicted octanol–water partition coefficient (Wildman–Crippen LogP) is 3.04. The zero-order valence-corrected chi connectivity index (χ0v) is 10.9. The third-order valence-corrected chi connectivity index (χ3v) is 3.34. The van der Waals surface area contributed by atoms with E-state index in [1.165, 1.54) is 6.08 Å². The van der Waals surface area contributed by atoms with Gasteiger partial charge in [0.15, 0.2) is 0 Å². The largest absolute Gasteiger partial charge is 0.346 e. The summed E-state index contributed by atoms with van der Waals surface area (Å²) in [6.45, 7) is 2.38. The highest BCUT2D eigenvalue weighted by atomic mass is 32.1. The molecule has 0 spiro atoms. The fourth-order valence-corrected chi connectivity index (χ4v) is 2.38. The van der Waals surface area contributed by atoms with Crippen molar-refractivity contribution in [2.75, 3.05) is 0 Å². The van der Waals surface area contributed by atoms with E-state index in [1.807, 2.05) is 43.3 Å². The van der Waals surface area contributed by atoms with E-state index in [-0.39, 0.29) is 5.91 Å². The van der Waals surface area contributed by atoms with Crippen molar-refractivity contribution < 1.29 is 4.79 Å². The first-order valence-electron chi connectivity index (χ1n) is 5.71. The molecule has 2 aromatic rings. The summed E-state index contributed by atoms with van der Waals surface area (Å²) in [4.78, 5) is 15.9. The zero-order valence-electron chi connectivity index (χ0n) is 10.1. The Kier molecular flexibility index (Phi) is 4.25. The lowest BCUT2D eigenvalue weighted by Crippen LogP contribution is -2.19. The van der Waals surface area contributed by atoms with Crippen LogP contribution in [-0.2, 0) is 11.3 Å². The number of hydrogen-bond donors (Lipinski definition) is 1. The number of allylic oxidation sites excluding steroid dienone is 3. The van der Waals surface area contributed by atoms with Crippen LogP contribution >= 0.6 is 11.3 Å². The Balaban J connectivity index is 1.95. The van der Waals surface area contributed by atoms with Gasteiger partial charge in [-0.25, -0.2) is 4.98 Å². The van der Waals surface area contributed by atoms with E-state index in [4.69, 9.17) is 0 Å². The molecule has 1 amide bonds. The van der Waals surface area contributed by atoms with Crippen LogP contribution in [0.25, 0.3) is 10.2 Å². The molecule has 0 bridgehead atoms. The number of benzene rings is 1. The van der Waals surface area contributed by atoms with Gasteiger partial charge >= 0.3 is 0 Å². The first-order valence-corrected chi connectivity index (χ1v) is 6.53. The highest BCUT2D eigenvalue weighted by Crippen LogP contribution is 2.21. The standard InChI is InChI=1S/C14H14N2OS/c1-2-3-4-9-13(17)15-10-14-16-11-7-5-6-8-12(11)18-14/h2-9H,10H2,1H3,(H,15,17)/b3-2+,9-4+. The first kappa shape index (κ1) is 12.5. The van der Waals surface area contributed by atoms with Crippen molar-refractivity contribution in [2.24, 2.45) is 0 Å². The maximum atomic E-state index is 11.5. The molecule has 18 heavy (non-hydrogen) atoms. The number of para-hydroxylation sites is 1. The summed E-state index contributed by atoms with van der Waals surface area (Å²) in [5, 5.41) is 3.73. The van der Waals surface area contributed by atoms with Crippen LogP contribution in [0.4, 0.5) is 0 Å². The highest BCUT2D eigenvalue weighted by molar-refractivity contribution is 7.18. The van der Waals surface area contributed by atoms with E-state index in [1.54, 1.807) is 17.4 Å². The molecular weight excluding hydrogens is 244 g/mol. The molecule has 0 aliphatic rings. The molecule has 0 saturated heterocycles. The Hall–Kier alpha value is -1.94. The number of hydrogen-bond acceptors (Lipinski definition) is 3. The molecule has 0 aliphatic carbocycles. The summed E-state index contributed by atoms with van der Waals surface area (Å²) in [6.07, 6.45) is 6.91. The van der Waals surface area contributed by atoms with E-state index in [9.17, 15) is 4.79 Å². The van der Waals surface area contributed by atoms with Crippen molar-refractivity contribution >= 4 is 27.5 Å². The van der Waals surface area contributed by atoms with Crippen LogP contribution in [0.1, 0.15) is 11.9 Å². The second-order valence-electron chi connectivity index (χ2n) is 3.68. The Morgan fingerprint density at radius 1 is 1.39 bits per heavy atom. The Morgan fingerprint density at radius 3 is 3.00 bits per heavy atom. The van der Waals surface area contributed by atoms with Crippen molar-refractivity contribution in [1.82, 2.24) is 10.3 Å². The fourth-order valence-electron chi connectivity index (χ4n) is 1.47. The second-order valence-corrected chi connectivity index (χ2v) is 4.79. The van der Waals surface area contributed by atoms with Crippen molar-refractivity contribution in [3.8, 4) is 0 Å². The molecule has 4 heteroatoms. The van der Waals surface area contributed by atoms with Gasteiger partial charge in [0.2, 0.25) is 5.91 Å². The van der Waals surface area contributed by atoms with Gasteiger partial charge in [-0.3, -0.25) is 4.79 Å². The number of fused-ring (bicyclic) bond motifs is 1. The van der Waals surface area contributed by atoms with Crippen LogP contribution in [0, 0.1) is 0 Å². The normalized spacial score (nSPS) is 11.6. The smallest absolute Gasteiger partial charge is 0.244 e. The topological polar surface area (TPSA) is 42.0 Å². The summed E-state index contributed by atoms with van der Waals surface area (Å²) >= 11 is 1.60. The molecule has 0 atom stereocenters. The summed E-state index contributed by atoms with van der Waals surface area (Å²) in [6, 6.07) is 7.96. The van der Waals surface area contributed by atoms with Crippen LogP contribution in [0.5, 0.6) is 0 Å². The maximum Gasteiger partial charge on any atom is 0.244 e. The number of nitrogens with zero attached hydrogens (tertiary/aromatic N) is 1. The Bertz CT molecular complexity index is 566. The molecule has 1 heterocycles. The third-order valence-electron chi connectivity index (χ3n) is 2.30. The van der Waals surface area contributed by atoms with Gasteiger partial charge < -0.3 is 5.32 Å². The lowest BCUT2D eigenvalue weighted by molar-refractivity contribution is -0.116. The van der Waals surface area contributed by atoms with Crippen LogP contribution in [0.15, 0.2) is 48.6 Å². The average Bonchev–Trinajstić information content (AvgIpc) is 2.79. The van der Waals surface area contributed by atoms with Gasteiger partial charge in [-0.15, -0.1) is 11.3 Å². The number of carbonyl (C=O) groups excluding carboxylic acids is 1. The highest BCUT2D eigenvalue weighted by Gasteiger charge is 2.03. The van der Waals surface area contributed by atoms with Gasteiger partial charge in [-0.2, -0.15) is 0 Å². The van der Waals surface area contributed by atoms with Crippen molar-refractivity contribution in [1.29, 1.82) is 0 Å². The zero-order chi connectivity index (χ0) is 12.8. The van der Waals surface area contributed by atoms with Gasteiger partial charge in [0.25, 0.3) is 0 Å². The second kappa shape index (κ2) is 6.12. The molecule has 3 nitrogen and oxygen atoms in total. The molecule has 0 fully saturated rings. The van der Waals surface area contributed by atoms with Gasteiger partial charge in [0.1, 0.15) is 5.01 Å². The predicted molar refractivity (Wildman–Crippen MR) is 75.4 cm³/mol. The number of carbonyl (C=O) groups is 1. The lowest BCUT2D eigenvalue weighted by atomic mass is 10.3. The van der Waals surface area contributed by atoms with Gasteiger partial charge in [-0.1, -0.05) is 30.4 Å². The minimum absolute atomic E-state index is 0.104. The minimum Gasteiger partial charge on any atom is -0.346 e. The first-order chi connectivity index (χ1) is 8.79. The van der Waals surface area contributed by atoms with Crippen LogP contribution in [-0.4, -0.2) is 10.9 Å². The maximum absolute atomic E-state index is 11.5. The van der Waals surface area contributed by atoms with Crippen LogP contribution in [0.3, 0.4) is 0 Å². The van der Waals surface area contributed by atoms with E-state index in [0.717, 1.165) is 15.2 Å². The molecule has 0 radical (unpaired) electrons. The molecular formula is C14H14N2OS. The molecule has 1 aromatic carbocycles. The molecule has 0 unspecified atom stereocenters. The Labute approximate surface area is 110 Å². The van der Waals surface area contributed by atoms with Gasteiger partial charge in [0.05, 0.1) is 16.8 Å². The van der Waals surface area contributed by atoms with Crippen LogP contribution in [0.2, 0.25) is 0 Å². The quantitative estimate of drug-likeness (QED) is 0.676. The number of nitrogens with one attached hydrogen (secondary N) is 1. The van der Waals surface area contributed by atoms with Crippen molar-refractivity contribution in [2.45, 2.75) is 13.5 Å².